The van der Waals surface area contributed by atoms with Crippen LogP contribution in [0, 0.1) is 0 Å². The number of benzene rings is 2. The van der Waals surface area contributed by atoms with Gasteiger partial charge in [-0.05, 0) is 103 Å². The topological polar surface area (TPSA) is 75.6 Å². The molecule has 0 radical (unpaired) electrons. The Kier molecular flexibility index (Phi) is 11.4. The van der Waals surface area contributed by atoms with E-state index in [1.54, 1.807) is 60.6 Å². The Balaban J connectivity index is 1.71. The number of hydrogen-bond donors (Lipinski definition) is 0. The van der Waals surface area contributed by atoms with E-state index < -0.39 is 36.3 Å². The minimum absolute atomic E-state index is 0.115. The molecule has 1 atom stereocenters. The number of phosphoric acid groups is 1. The average molecular weight is 648 g/mol. The molecule has 2 aromatic rings. The highest BCUT2D eigenvalue weighted by Gasteiger charge is 2.43. The van der Waals surface area contributed by atoms with Gasteiger partial charge in [-0.1, -0.05) is 29.8 Å². The van der Waals surface area contributed by atoms with E-state index in [0.717, 1.165) is 11.6 Å². The summed E-state index contributed by atoms with van der Waals surface area (Å²) in [5.74, 6) is 0.183. The summed E-state index contributed by atoms with van der Waals surface area (Å²) in [6.07, 6.45) is -2.95. The van der Waals surface area contributed by atoms with Crippen molar-refractivity contribution in [2.45, 2.75) is 97.1 Å². The molecule has 1 aliphatic heterocycles. The first-order chi connectivity index (χ1) is 19.8. The number of rotatable bonds is 13. The molecule has 7 nitrogen and oxygen atoms in total. The summed E-state index contributed by atoms with van der Waals surface area (Å²) in [6, 6.07) is 11.4. The van der Waals surface area contributed by atoms with Gasteiger partial charge in [0.2, 0.25) is 0 Å². The molecule has 2 aromatic carbocycles. The number of aryl methyl sites for hydroxylation is 2. The Morgan fingerprint density at radius 1 is 0.977 bits per heavy atom. The van der Waals surface area contributed by atoms with Crippen molar-refractivity contribution in [3.8, 4) is 5.75 Å². The summed E-state index contributed by atoms with van der Waals surface area (Å²) in [6.45, 7) is 12.1. The maximum Gasteiger partial charge on any atom is 0.475 e. The van der Waals surface area contributed by atoms with Crippen molar-refractivity contribution in [3.05, 3.63) is 64.2 Å². The van der Waals surface area contributed by atoms with Crippen LogP contribution in [-0.2, 0) is 41.9 Å². The Labute approximate surface area is 257 Å². The molecule has 0 saturated carbocycles. The molecule has 0 saturated heterocycles. The number of hydrogen-bond acceptors (Lipinski definition) is 7. The van der Waals surface area contributed by atoms with Gasteiger partial charge in [0.1, 0.15) is 17.9 Å². The van der Waals surface area contributed by atoms with Gasteiger partial charge >= 0.3 is 14.0 Å². The molecule has 0 aromatic heterocycles. The summed E-state index contributed by atoms with van der Waals surface area (Å²) >= 11 is 6.00. The number of nitrogens with zero attached hydrogens (tertiary/aromatic N) is 1. The third kappa shape index (κ3) is 11.7. The van der Waals surface area contributed by atoms with Gasteiger partial charge in [0.15, 0.2) is 5.90 Å². The largest absolute Gasteiger partial charge is 0.493 e. The predicted octanol–water partition coefficient (Wildman–Crippen LogP) is 9.25. The molecule has 0 spiro atoms. The summed E-state index contributed by atoms with van der Waals surface area (Å²) in [7, 11) is -4.04. The number of ether oxygens (including phenoxy) is 2. The Bertz CT molecular complexity index is 1300. The van der Waals surface area contributed by atoms with Gasteiger partial charge in [-0.2, -0.15) is 13.2 Å². The Morgan fingerprint density at radius 2 is 1.63 bits per heavy atom. The van der Waals surface area contributed by atoms with E-state index in [0.29, 0.717) is 29.3 Å². The number of phosphoric ester groups is 1. The molecular formula is C31H42ClF3NO6P. The SMILES string of the molecule is CC1=NC(CCc2ccc(OCCCc3cccc(Cl)c3)c(C(F)(F)F)c2)(COP(=O)(OC(C)(C)C)OC(C)(C)C)CO1. The van der Waals surface area contributed by atoms with E-state index in [1.165, 1.54) is 6.07 Å². The first-order valence-electron chi connectivity index (χ1n) is 14.2. The van der Waals surface area contributed by atoms with E-state index in [1.807, 2.05) is 18.2 Å². The number of aliphatic imine (C=N–C) groups is 1. The third-order valence-corrected chi connectivity index (χ3v) is 8.41. The van der Waals surface area contributed by atoms with Crippen LogP contribution in [0.25, 0.3) is 0 Å². The second kappa shape index (κ2) is 13.9. The fourth-order valence-corrected chi connectivity index (χ4v) is 6.56. The van der Waals surface area contributed by atoms with Crippen LogP contribution in [0.3, 0.4) is 0 Å². The van der Waals surface area contributed by atoms with Crippen LogP contribution < -0.4 is 4.74 Å². The monoisotopic (exact) mass is 647 g/mol. The lowest BCUT2D eigenvalue weighted by atomic mass is 9.93. The standard InChI is InChI=1S/C31H42ClF3NO6P/c1-22-36-30(20-39-22,21-40-43(37,41-28(2,3)4)42-29(5,6)7)16-15-24-13-14-27(26(19-24)31(33,34)35)38-17-9-11-23-10-8-12-25(32)18-23/h8,10,12-14,18-19H,9,11,15-17,20-21H2,1-7H3. The van der Waals surface area contributed by atoms with Gasteiger partial charge in [-0.25, -0.2) is 9.56 Å². The van der Waals surface area contributed by atoms with Crippen LogP contribution >= 0.6 is 19.4 Å². The highest BCUT2D eigenvalue weighted by molar-refractivity contribution is 7.48. The van der Waals surface area contributed by atoms with Gasteiger partial charge in [0.05, 0.1) is 30.0 Å². The molecule has 1 unspecified atom stereocenters. The van der Waals surface area contributed by atoms with Gasteiger partial charge in [0.25, 0.3) is 0 Å². The van der Waals surface area contributed by atoms with Crippen molar-refractivity contribution < 1.29 is 40.8 Å². The maximum absolute atomic E-state index is 14.0. The van der Waals surface area contributed by atoms with E-state index >= 15 is 0 Å². The molecule has 0 N–H and O–H groups in total. The zero-order valence-corrected chi connectivity index (χ0v) is 27.5. The molecule has 240 valence electrons. The molecule has 43 heavy (non-hydrogen) atoms. The van der Waals surface area contributed by atoms with E-state index in [9.17, 15) is 17.7 Å². The first kappa shape index (κ1) is 35.4. The minimum atomic E-state index is -4.61. The summed E-state index contributed by atoms with van der Waals surface area (Å²) < 4.78 is 84.1. The lowest BCUT2D eigenvalue weighted by Gasteiger charge is -2.33. The molecule has 3 rings (SSSR count). The maximum atomic E-state index is 14.0. The van der Waals surface area contributed by atoms with Crippen LogP contribution in [0.5, 0.6) is 5.75 Å². The van der Waals surface area contributed by atoms with Crippen LogP contribution in [0.2, 0.25) is 5.02 Å². The first-order valence-corrected chi connectivity index (χ1v) is 16.0. The number of halogens is 4. The second-order valence-corrected chi connectivity index (χ2v) is 14.6. The van der Waals surface area contributed by atoms with Crippen LogP contribution in [-0.4, -0.2) is 42.5 Å². The van der Waals surface area contributed by atoms with Gasteiger partial charge in [-0.3, -0.25) is 13.6 Å². The minimum Gasteiger partial charge on any atom is -0.493 e. The number of alkyl halides is 3. The quantitative estimate of drug-likeness (QED) is 0.159. The van der Waals surface area contributed by atoms with Crippen molar-refractivity contribution in [3.63, 3.8) is 0 Å². The van der Waals surface area contributed by atoms with Crippen molar-refractivity contribution in [2.24, 2.45) is 4.99 Å². The molecular weight excluding hydrogens is 606 g/mol. The normalized spacial score (nSPS) is 18.0. The van der Waals surface area contributed by atoms with E-state index in [2.05, 4.69) is 4.99 Å². The van der Waals surface area contributed by atoms with Crippen molar-refractivity contribution in [1.82, 2.24) is 0 Å². The van der Waals surface area contributed by atoms with E-state index in [4.69, 9.17) is 34.6 Å². The summed E-state index contributed by atoms with van der Waals surface area (Å²) in [5.41, 5.74) is -2.06. The predicted molar refractivity (Wildman–Crippen MR) is 162 cm³/mol. The molecule has 0 amide bonds. The summed E-state index contributed by atoms with van der Waals surface area (Å²) in [5, 5.41) is 0.609. The van der Waals surface area contributed by atoms with Crippen molar-refractivity contribution >= 4 is 25.3 Å². The zero-order valence-electron chi connectivity index (χ0n) is 25.8. The fourth-order valence-electron chi connectivity index (χ4n) is 4.46. The van der Waals surface area contributed by atoms with Crippen LogP contribution in [0.15, 0.2) is 47.5 Å². The molecule has 0 bridgehead atoms. The smallest absolute Gasteiger partial charge is 0.475 e. The highest BCUT2D eigenvalue weighted by atomic mass is 35.5. The molecule has 12 heteroatoms. The highest BCUT2D eigenvalue weighted by Crippen LogP contribution is 2.56. The summed E-state index contributed by atoms with van der Waals surface area (Å²) in [4.78, 5) is 4.58. The Morgan fingerprint density at radius 3 is 2.19 bits per heavy atom. The Hall–Kier alpha value is -2.10. The van der Waals surface area contributed by atoms with Crippen LogP contribution in [0.1, 0.15) is 78.0 Å². The second-order valence-electron chi connectivity index (χ2n) is 12.7. The molecule has 0 aliphatic carbocycles. The third-order valence-electron chi connectivity index (χ3n) is 6.19. The van der Waals surface area contributed by atoms with Crippen molar-refractivity contribution in [2.75, 3.05) is 19.8 Å². The fraction of sp³-hybridized carbons (Fsp3) is 0.581. The van der Waals surface area contributed by atoms with Crippen LogP contribution in [0.4, 0.5) is 13.2 Å². The van der Waals surface area contributed by atoms with E-state index in [-0.39, 0.29) is 38.4 Å². The lowest BCUT2D eigenvalue weighted by molar-refractivity contribution is -0.139. The molecule has 1 heterocycles. The molecule has 1 aliphatic rings. The lowest BCUT2D eigenvalue weighted by Crippen LogP contribution is -2.36. The average Bonchev–Trinajstić information content (AvgIpc) is 3.23. The van der Waals surface area contributed by atoms with Gasteiger partial charge in [0, 0.05) is 11.9 Å². The molecule has 0 fully saturated rings. The van der Waals surface area contributed by atoms with Gasteiger partial charge in [-0.15, -0.1) is 0 Å². The zero-order chi connectivity index (χ0) is 32.1. The van der Waals surface area contributed by atoms with Crippen molar-refractivity contribution in [1.29, 1.82) is 0 Å². The van der Waals surface area contributed by atoms with Gasteiger partial charge < -0.3 is 9.47 Å².